The van der Waals surface area contributed by atoms with Crippen LogP contribution < -0.4 is 4.72 Å². The number of carbonyl (C=O) groups is 1. The van der Waals surface area contributed by atoms with Crippen molar-refractivity contribution in [2.45, 2.75) is 36.9 Å². The third-order valence-corrected chi connectivity index (χ3v) is 8.02. The Morgan fingerprint density at radius 3 is 2.48 bits per heavy atom. The number of nitrogens with one attached hydrogen (secondary N) is 1. The Labute approximate surface area is 191 Å². The highest BCUT2D eigenvalue weighted by atomic mass is 32.2. The summed E-state index contributed by atoms with van der Waals surface area (Å²) in [6.07, 6.45) is 2.45. The van der Waals surface area contributed by atoms with Gasteiger partial charge in [0, 0.05) is 18.4 Å². The van der Waals surface area contributed by atoms with Gasteiger partial charge < -0.3 is 4.90 Å². The van der Waals surface area contributed by atoms with Gasteiger partial charge in [0.1, 0.15) is 17.3 Å². The molecule has 5 nitrogen and oxygen atoms in total. The molecular weight excluding hydrogens is 453 g/mol. The van der Waals surface area contributed by atoms with Crippen LogP contribution in [0.25, 0.3) is 11.1 Å². The molecule has 0 bridgehead atoms. The van der Waals surface area contributed by atoms with Crippen LogP contribution in [0, 0.1) is 23.5 Å². The van der Waals surface area contributed by atoms with Crippen LogP contribution in [0.1, 0.15) is 30.7 Å². The van der Waals surface area contributed by atoms with Crippen LogP contribution in [0.4, 0.5) is 13.2 Å². The Bertz CT molecular complexity index is 1200. The van der Waals surface area contributed by atoms with Crippen molar-refractivity contribution in [2.75, 3.05) is 19.3 Å². The Kier molecular flexibility index (Phi) is 5.32. The summed E-state index contributed by atoms with van der Waals surface area (Å²) in [5, 5.41) is 0. The number of hydrogen-bond donors (Lipinski definition) is 1. The van der Waals surface area contributed by atoms with E-state index in [0.717, 1.165) is 6.26 Å². The molecule has 1 amide bonds. The predicted octanol–water partition coefficient (Wildman–Crippen LogP) is 3.61. The molecule has 0 unspecified atom stereocenters. The quantitative estimate of drug-likeness (QED) is 0.714. The van der Waals surface area contributed by atoms with Crippen LogP contribution in [-0.2, 0) is 14.8 Å². The number of rotatable bonds is 5. The van der Waals surface area contributed by atoms with Crippen LogP contribution in [0.5, 0.6) is 0 Å². The van der Waals surface area contributed by atoms with Crippen LogP contribution >= 0.6 is 0 Å². The Morgan fingerprint density at radius 2 is 1.79 bits per heavy atom. The summed E-state index contributed by atoms with van der Waals surface area (Å²) in [5.41, 5.74) is -0.770. The molecule has 2 aliphatic carbocycles. The molecule has 2 saturated carbocycles. The van der Waals surface area contributed by atoms with E-state index in [1.165, 1.54) is 23.1 Å². The number of amides is 1. The highest BCUT2D eigenvalue weighted by Crippen LogP contribution is 2.53. The van der Waals surface area contributed by atoms with E-state index in [9.17, 15) is 22.0 Å². The maximum atomic E-state index is 15.8. The minimum absolute atomic E-state index is 0.112. The molecule has 1 heterocycles. The zero-order valence-corrected chi connectivity index (χ0v) is 18.9. The molecule has 1 saturated heterocycles. The van der Waals surface area contributed by atoms with Gasteiger partial charge in [-0.25, -0.2) is 26.3 Å². The zero-order chi connectivity index (χ0) is 23.5. The molecule has 0 spiro atoms. The highest BCUT2D eigenvalue weighted by Gasteiger charge is 2.59. The maximum absolute atomic E-state index is 15.8. The van der Waals surface area contributed by atoms with Gasteiger partial charge >= 0.3 is 0 Å². The lowest BCUT2D eigenvalue weighted by Crippen LogP contribution is -2.50. The van der Waals surface area contributed by atoms with E-state index in [2.05, 4.69) is 4.72 Å². The molecule has 0 radical (unpaired) electrons. The van der Waals surface area contributed by atoms with Crippen LogP contribution in [0.2, 0.25) is 0 Å². The molecule has 1 N–H and O–H groups in total. The first kappa shape index (κ1) is 22.4. The van der Waals surface area contributed by atoms with Gasteiger partial charge in [0.25, 0.3) is 0 Å². The standard InChI is InChI=1S/C24H25F3N2O3S/c1-33(31,32)28-21-10-9-14-12-29(13-24(14,21)27)23(30)18-11-17(18)15-5-2-3-6-16(15)22-19(25)7-4-8-20(22)26/h2-8,14,17-18,21,28H,9-13H2,1H3/t14-,17-,18+,21+,24-/m0/s1. The summed E-state index contributed by atoms with van der Waals surface area (Å²) < 4.78 is 70.3. The van der Waals surface area contributed by atoms with Gasteiger partial charge in [-0.1, -0.05) is 30.3 Å². The third kappa shape index (κ3) is 3.95. The van der Waals surface area contributed by atoms with Crippen molar-refractivity contribution in [3.8, 4) is 11.1 Å². The van der Waals surface area contributed by atoms with E-state index in [1.54, 1.807) is 24.3 Å². The Hall–Kier alpha value is -2.39. The molecule has 1 aliphatic heterocycles. The molecule has 0 aromatic heterocycles. The Balaban J connectivity index is 1.34. The first-order valence-corrected chi connectivity index (χ1v) is 13.0. The number of hydrogen-bond acceptors (Lipinski definition) is 3. The second kappa shape index (κ2) is 7.84. The lowest BCUT2D eigenvalue weighted by Gasteiger charge is -2.27. The number of fused-ring (bicyclic) bond motifs is 1. The molecule has 2 aromatic carbocycles. The molecule has 3 aliphatic rings. The molecular formula is C24H25F3N2O3S. The van der Waals surface area contributed by atoms with Crippen molar-refractivity contribution in [3.63, 3.8) is 0 Å². The average molecular weight is 479 g/mol. The van der Waals surface area contributed by atoms with E-state index < -0.39 is 39.3 Å². The zero-order valence-electron chi connectivity index (χ0n) is 18.1. The van der Waals surface area contributed by atoms with E-state index in [-0.39, 0.29) is 36.4 Å². The van der Waals surface area contributed by atoms with Crippen LogP contribution in [0.15, 0.2) is 42.5 Å². The molecule has 33 heavy (non-hydrogen) atoms. The summed E-state index contributed by atoms with van der Waals surface area (Å²) in [7, 11) is -3.56. The van der Waals surface area contributed by atoms with Crippen molar-refractivity contribution < 1.29 is 26.4 Å². The van der Waals surface area contributed by atoms with Crippen molar-refractivity contribution in [1.82, 2.24) is 9.62 Å². The van der Waals surface area contributed by atoms with Gasteiger partial charge in [-0.3, -0.25) is 4.79 Å². The number of halogens is 3. The van der Waals surface area contributed by atoms with E-state index in [0.29, 0.717) is 30.4 Å². The van der Waals surface area contributed by atoms with Crippen molar-refractivity contribution in [3.05, 3.63) is 59.7 Å². The Morgan fingerprint density at radius 1 is 1.09 bits per heavy atom. The van der Waals surface area contributed by atoms with E-state index in [1.807, 2.05) is 0 Å². The summed E-state index contributed by atoms with van der Waals surface area (Å²) in [5.74, 6) is -2.51. The van der Waals surface area contributed by atoms with Gasteiger partial charge in [0.15, 0.2) is 0 Å². The number of benzene rings is 2. The largest absolute Gasteiger partial charge is 0.339 e. The number of alkyl halides is 1. The predicted molar refractivity (Wildman–Crippen MR) is 118 cm³/mol. The summed E-state index contributed by atoms with van der Waals surface area (Å²) in [4.78, 5) is 14.7. The topological polar surface area (TPSA) is 66.5 Å². The normalized spacial score (nSPS) is 31.0. The first-order chi connectivity index (χ1) is 15.6. The summed E-state index contributed by atoms with van der Waals surface area (Å²) in [6.45, 7) is 0.112. The minimum atomic E-state index is -3.56. The van der Waals surface area contributed by atoms with Gasteiger partial charge in [-0.15, -0.1) is 0 Å². The lowest BCUT2D eigenvalue weighted by molar-refractivity contribution is -0.132. The fourth-order valence-electron chi connectivity index (χ4n) is 5.67. The fourth-order valence-corrected chi connectivity index (χ4v) is 6.50. The van der Waals surface area contributed by atoms with Crippen LogP contribution in [0.3, 0.4) is 0 Å². The first-order valence-electron chi connectivity index (χ1n) is 11.1. The minimum Gasteiger partial charge on any atom is -0.339 e. The number of carbonyl (C=O) groups excluding carboxylic acids is 1. The lowest BCUT2D eigenvalue weighted by atomic mass is 9.94. The summed E-state index contributed by atoms with van der Waals surface area (Å²) >= 11 is 0. The molecule has 3 fully saturated rings. The second-order valence-corrected chi connectivity index (χ2v) is 11.3. The average Bonchev–Trinajstić information content (AvgIpc) is 3.39. The third-order valence-electron chi connectivity index (χ3n) is 7.30. The van der Waals surface area contributed by atoms with Gasteiger partial charge in [0.2, 0.25) is 15.9 Å². The van der Waals surface area contributed by atoms with Crippen molar-refractivity contribution in [2.24, 2.45) is 11.8 Å². The number of nitrogens with zero attached hydrogens (tertiary/aromatic N) is 1. The van der Waals surface area contributed by atoms with Crippen LogP contribution in [-0.4, -0.2) is 50.3 Å². The van der Waals surface area contributed by atoms with E-state index in [4.69, 9.17) is 0 Å². The summed E-state index contributed by atoms with van der Waals surface area (Å²) in [6, 6.07) is 9.78. The molecule has 2 aromatic rings. The smallest absolute Gasteiger partial charge is 0.226 e. The molecule has 176 valence electrons. The maximum Gasteiger partial charge on any atom is 0.226 e. The highest BCUT2D eigenvalue weighted by molar-refractivity contribution is 7.88. The van der Waals surface area contributed by atoms with Gasteiger partial charge in [0.05, 0.1) is 24.4 Å². The number of likely N-dealkylation sites (tertiary alicyclic amines) is 1. The molecule has 5 atom stereocenters. The van der Waals surface area contributed by atoms with Crippen molar-refractivity contribution >= 4 is 15.9 Å². The van der Waals surface area contributed by atoms with Gasteiger partial charge in [-0.05, 0) is 48.4 Å². The van der Waals surface area contributed by atoms with E-state index >= 15 is 4.39 Å². The number of sulfonamides is 1. The molecule has 5 rings (SSSR count). The second-order valence-electron chi connectivity index (χ2n) is 9.49. The SMILES string of the molecule is CS(=O)(=O)N[C@@H]1CC[C@H]2CN(C(=O)[C@@H]3C[C@H]3c3ccccc3-c3c(F)cccc3F)C[C@]21F. The van der Waals surface area contributed by atoms with Crippen molar-refractivity contribution in [1.29, 1.82) is 0 Å². The fraction of sp³-hybridized carbons (Fsp3) is 0.458. The van der Waals surface area contributed by atoms with Gasteiger partial charge in [-0.2, -0.15) is 0 Å². The molecule has 9 heteroatoms. The monoisotopic (exact) mass is 478 g/mol.